The summed E-state index contributed by atoms with van der Waals surface area (Å²) in [5, 5.41) is 7.42. The summed E-state index contributed by atoms with van der Waals surface area (Å²) in [6, 6.07) is 5.30. The van der Waals surface area contributed by atoms with E-state index in [0.29, 0.717) is 16.8 Å². The summed E-state index contributed by atoms with van der Waals surface area (Å²) in [6.07, 6.45) is 5.02. The van der Waals surface area contributed by atoms with Gasteiger partial charge in [-0.25, -0.2) is 14.5 Å². The molecule has 0 aliphatic rings. The molecule has 106 valence electrons. The quantitative estimate of drug-likeness (QED) is 0.712. The van der Waals surface area contributed by atoms with Crippen LogP contribution in [0, 0.1) is 0 Å². The van der Waals surface area contributed by atoms with Crippen LogP contribution in [0.3, 0.4) is 0 Å². The number of halogens is 1. The molecule has 0 aliphatic heterocycles. The summed E-state index contributed by atoms with van der Waals surface area (Å²) < 4.78 is 2.42. The summed E-state index contributed by atoms with van der Waals surface area (Å²) in [4.78, 5) is 24.2. The molecule has 3 aromatic rings. The van der Waals surface area contributed by atoms with E-state index in [1.807, 2.05) is 6.07 Å². The van der Waals surface area contributed by atoms with Crippen LogP contribution in [-0.4, -0.2) is 36.2 Å². The second-order valence-electron chi connectivity index (χ2n) is 3.96. The second kappa shape index (κ2) is 6.19. The SMILES string of the molecule is O=C(CSc1nc2ncccn2n1)Nc1ccc(Br)cn1. The number of thioether (sulfide) groups is 1. The lowest BCUT2D eigenvalue weighted by molar-refractivity contribution is -0.113. The molecule has 0 aliphatic carbocycles. The Morgan fingerprint density at radius 1 is 1.38 bits per heavy atom. The van der Waals surface area contributed by atoms with Gasteiger partial charge in [-0.3, -0.25) is 4.79 Å². The number of nitrogens with one attached hydrogen (secondary N) is 1. The minimum atomic E-state index is -0.165. The third-order valence-corrected chi connectivity index (χ3v) is 3.73. The van der Waals surface area contributed by atoms with Gasteiger partial charge in [0, 0.05) is 23.1 Å². The molecule has 1 N–H and O–H groups in total. The van der Waals surface area contributed by atoms with Gasteiger partial charge in [-0.05, 0) is 34.1 Å². The van der Waals surface area contributed by atoms with Crippen molar-refractivity contribution in [3.05, 3.63) is 41.3 Å². The largest absolute Gasteiger partial charge is 0.310 e. The summed E-state index contributed by atoms with van der Waals surface area (Å²) in [6.45, 7) is 0. The average Bonchev–Trinajstić information content (AvgIpc) is 2.90. The zero-order valence-corrected chi connectivity index (χ0v) is 13.0. The minimum absolute atomic E-state index is 0.165. The lowest BCUT2D eigenvalue weighted by Crippen LogP contribution is -2.14. The van der Waals surface area contributed by atoms with Gasteiger partial charge < -0.3 is 5.32 Å². The number of fused-ring (bicyclic) bond motifs is 1. The predicted molar refractivity (Wildman–Crippen MR) is 82.1 cm³/mol. The van der Waals surface area contributed by atoms with Crippen molar-refractivity contribution >= 4 is 45.2 Å². The van der Waals surface area contributed by atoms with E-state index in [1.54, 1.807) is 35.2 Å². The number of rotatable bonds is 4. The standard InChI is InChI=1S/C12H9BrN6OS/c13-8-2-3-9(15-6-8)16-10(20)7-21-12-17-11-14-4-1-5-19(11)18-12/h1-6H,7H2,(H,15,16,20). The highest BCUT2D eigenvalue weighted by Crippen LogP contribution is 2.15. The Hall–Kier alpha value is -2.00. The number of nitrogens with zero attached hydrogens (tertiary/aromatic N) is 5. The first-order valence-electron chi connectivity index (χ1n) is 5.92. The molecule has 3 aromatic heterocycles. The Balaban J connectivity index is 1.59. The highest BCUT2D eigenvalue weighted by atomic mass is 79.9. The maximum atomic E-state index is 11.8. The zero-order valence-electron chi connectivity index (χ0n) is 10.6. The van der Waals surface area contributed by atoms with E-state index in [0.717, 1.165) is 4.47 Å². The number of carbonyl (C=O) groups is 1. The van der Waals surface area contributed by atoms with Gasteiger partial charge in [-0.15, -0.1) is 5.10 Å². The summed E-state index contributed by atoms with van der Waals surface area (Å²) >= 11 is 4.53. The Morgan fingerprint density at radius 3 is 3.05 bits per heavy atom. The van der Waals surface area contributed by atoms with Gasteiger partial charge in [0.15, 0.2) is 0 Å². The van der Waals surface area contributed by atoms with Crippen molar-refractivity contribution in [3.63, 3.8) is 0 Å². The zero-order chi connectivity index (χ0) is 14.7. The first kappa shape index (κ1) is 14.0. The van der Waals surface area contributed by atoms with E-state index in [4.69, 9.17) is 0 Å². The van der Waals surface area contributed by atoms with Crippen LogP contribution >= 0.6 is 27.7 Å². The smallest absolute Gasteiger partial charge is 0.253 e. The molecule has 21 heavy (non-hydrogen) atoms. The van der Waals surface area contributed by atoms with Gasteiger partial charge in [-0.2, -0.15) is 4.98 Å². The van der Waals surface area contributed by atoms with Crippen molar-refractivity contribution in [2.75, 3.05) is 11.1 Å². The predicted octanol–water partition coefficient (Wildman–Crippen LogP) is 2.01. The van der Waals surface area contributed by atoms with Crippen molar-refractivity contribution in [3.8, 4) is 0 Å². The number of aromatic nitrogens is 5. The van der Waals surface area contributed by atoms with Crippen molar-refractivity contribution in [2.45, 2.75) is 5.16 Å². The van der Waals surface area contributed by atoms with Crippen LogP contribution in [0.5, 0.6) is 0 Å². The van der Waals surface area contributed by atoms with E-state index in [1.165, 1.54) is 11.8 Å². The maximum absolute atomic E-state index is 11.8. The topological polar surface area (TPSA) is 85.1 Å². The molecule has 1 amide bonds. The van der Waals surface area contributed by atoms with Crippen LogP contribution in [0.15, 0.2) is 46.4 Å². The van der Waals surface area contributed by atoms with Gasteiger partial charge in [0.05, 0.1) is 5.75 Å². The fourth-order valence-corrected chi connectivity index (χ4v) is 2.39. The monoisotopic (exact) mass is 364 g/mol. The van der Waals surface area contributed by atoms with Gasteiger partial charge in [0.2, 0.25) is 11.1 Å². The van der Waals surface area contributed by atoms with Crippen LogP contribution in [0.1, 0.15) is 0 Å². The molecule has 0 aromatic carbocycles. The van der Waals surface area contributed by atoms with Crippen molar-refractivity contribution < 1.29 is 4.79 Å². The number of hydrogen-bond donors (Lipinski definition) is 1. The lowest BCUT2D eigenvalue weighted by atomic mass is 10.4. The number of hydrogen-bond acceptors (Lipinski definition) is 6. The number of amides is 1. The third-order valence-electron chi connectivity index (χ3n) is 2.42. The fraction of sp³-hybridized carbons (Fsp3) is 0.0833. The number of anilines is 1. The molecular weight excluding hydrogens is 356 g/mol. The molecule has 3 rings (SSSR count). The Bertz CT molecular complexity index is 742. The van der Waals surface area contributed by atoms with Crippen molar-refractivity contribution in [2.24, 2.45) is 0 Å². The molecule has 0 unspecified atom stereocenters. The van der Waals surface area contributed by atoms with Crippen LogP contribution in [0.2, 0.25) is 0 Å². The van der Waals surface area contributed by atoms with Crippen LogP contribution in [0.4, 0.5) is 5.82 Å². The molecule has 0 fully saturated rings. The molecule has 0 saturated carbocycles. The number of pyridine rings is 1. The van der Waals surface area contributed by atoms with Gasteiger partial charge in [0.25, 0.3) is 5.78 Å². The van der Waals surface area contributed by atoms with Crippen molar-refractivity contribution in [1.29, 1.82) is 0 Å². The molecular formula is C12H9BrN6OS. The van der Waals surface area contributed by atoms with E-state index < -0.39 is 0 Å². The fourth-order valence-electron chi connectivity index (χ4n) is 1.53. The van der Waals surface area contributed by atoms with Gasteiger partial charge in [-0.1, -0.05) is 11.8 Å². The van der Waals surface area contributed by atoms with E-state index >= 15 is 0 Å². The third kappa shape index (κ3) is 3.56. The van der Waals surface area contributed by atoms with Gasteiger partial charge in [0.1, 0.15) is 5.82 Å². The number of carbonyl (C=O) groups excluding carboxylic acids is 1. The Labute approximate surface area is 132 Å². The van der Waals surface area contributed by atoms with Crippen LogP contribution in [0.25, 0.3) is 5.78 Å². The molecule has 0 atom stereocenters. The highest BCUT2D eigenvalue weighted by Gasteiger charge is 2.09. The normalized spacial score (nSPS) is 10.7. The minimum Gasteiger partial charge on any atom is -0.310 e. The molecule has 3 heterocycles. The summed E-state index contributed by atoms with van der Waals surface area (Å²) in [7, 11) is 0. The molecule has 0 bridgehead atoms. The van der Waals surface area contributed by atoms with Crippen molar-refractivity contribution in [1.82, 2.24) is 24.6 Å². The highest BCUT2D eigenvalue weighted by molar-refractivity contribution is 9.10. The molecule has 9 heteroatoms. The summed E-state index contributed by atoms with van der Waals surface area (Å²) in [5.41, 5.74) is 0. The van der Waals surface area contributed by atoms with Crippen LogP contribution < -0.4 is 5.32 Å². The Kier molecular flexibility index (Phi) is 4.11. The van der Waals surface area contributed by atoms with E-state index in [9.17, 15) is 4.79 Å². The molecule has 0 spiro atoms. The maximum Gasteiger partial charge on any atom is 0.253 e. The average molecular weight is 365 g/mol. The lowest BCUT2D eigenvalue weighted by Gasteiger charge is -2.02. The first-order valence-corrected chi connectivity index (χ1v) is 7.70. The molecule has 7 nitrogen and oxygen atoms in total. The molecule has 0 radical (unpaired) electrons. The van der Waals surface area contributed by atoms with Gasteiger partial charge >= 0.3 is 0 Å². The Morgan fingerprint density at radius 2 is 2.29 bits per heavy atom. The van der Waals surface area contributed by atoms with E-state index in [-0.39, 0.29) is 11.7 Å². The van der Waals surface area contributed by atoms with E-state index in [2.05, 4.69) is 41.3 Å². The summed E-state index contributed by atoms with van der Waals surface area (Å²) in [5.74, 6) is 1.05. The molecule has 0 saturated heterocycles. The second-order valence-corrected chi connectivity index (χ2v) is 5.82. The van der Waals surface area contributed by atoms with Crippen LogP contribution in [-0.2, 0) is 4.79 Å². The first-order chi connectivity index (χ1) is 10.2.